The van der Waals surface area contributed by atoms with E-state index < -0.39 is 76.3 Å². The molecule has 7 rings (SSSR count). The maximum Gasteiger partial charge on any atom is 0.306 e. The zero-order chi connectivity index (χ0) is 42.5. The fourth-order valence-electron chi connectivity index (χ4n) is 11.1. The highest BCUT2D eigenvalue weighted by molar-refractivity contribution is 6.01. The van der Waals surface area contributed by atoms with Crippen LogP contribution in [0.3, 0.4) is 0 Å². The maximum absolute atomic E-state index is 17.5. The third kappa shape index (κ3) is 7.29. The number of allylic oxidation sites excluding steroid dienone is 4. The van der Waals surface area contributed by atoms with Gasteiger partial charge in [0.05, 0.1) is 25.0 Å². The molecule has 4 aliphatic rings. The molecular weight excluding hydrogens is 754 g/mol. The highest BCUT2D eigenvalue weighted by Gasteiger charge is 2.75. The Morgan fingerprint density at radius 1 is 0.915 bits per heavy atom. The van der Waals surface area contributed by atoms with Crippen molar-refractivity contribution in [1.29, 1.82) is 0 Å². The molecule has 2 N–H and O–H groups in total. The maximum atomic E-state index is 17.5. The molecule has 3 aromatic carbocycles. The van der Waals surface area contributed by atoms with Gasteiger partial charge in [-0.05, 0) is 98.2 Å². The summed E-state index contributed by atoms with van der Waals surface area (Å²) in [5.74, 6) is -4.10. The minimum Gasteiger partial charge on any atom is -0.461 e. The van der Waals surface area contributed by atoms with Crippen molar-refractivity contribution in [2.24, 2.45) is 28.6 Å². The molecule has 0 heterocycles. The largest absolute Gasteiger partial charge is 0.461 e. The summed E-state index contributed by atoms with van der Waals surface area (Å²) < 4.78 is 28.1. The standard InChI is InChI=1S/C48H54FNO9/c1-29-22-38-37-17-16-35-25-36(51)20-21-45(35,2)47(37,49)40(53)26-46(38,3)48(29,57)41(54)28-59-43(56)19-18-42(55)58-27-30-10-14-33(15-11-30)44(50(4)5)39(52)24-31-12-13-32-8-6-7-9-34(32)23-31/h6-15,20-21,23,25,29,37-38,40,44,53,57H,16-19,22,24,26-28H2,1-5H3/t29-,37+,38+,40+,44?,45+,46+,47+,48+/m1/s1. The van der Waals surface area contributed by atoms with E-state index in [-0.39, 0.29) is 43.9 Å². The number of rotatable bonds is 13. The first-order chi connectivity index (χ1) is 27.9. The van der Waals surface area contributed by atoms with Crippen molar-refractivity contribution in [2.75, 3.05) is 20.7 Å². The molecule has 0 saturated heterocycles. The number of hydrogen-bond donors (Lipinski definition) is 2. The number of aliphatic hydroxyl groups excluding tert-OH is 1. The Bertz CT molecular complexity index is 2230. The zero-order valence-corrected chi connectivity index (χ0v) is 34.4. The van der Waals surface area contributed by atoms with Gasteiger partial charge in [0.1, 0.15) is 12.2 Å². The van der Waals surface area contributed by atoms with Crippen molar-refractivity contribution in [3.8, 4) is 0 Å². The molecule has 11 heteroatoms. The normalized spacial score (nSPS) is 31.5. The van der Waals surface area contributed by atoms with Crippen LogP contribution in [0.5, 0.6) is 0 Å². The summed E-state index contributed by atoms with van der Waals surface area (Å²) in [4.78, 5) is 66.6. The number of aliphatic hydroxyl groups is 2. The molecule has 9 atom stereocenters. The summed E-state index contributed by atoms with van der Waals surface area (Å²) in [7, 11) is 3.71. The Morgan fingerprint density at radius 3 is 2.27 bits per heavy atom. The lowest BCUT2D eigenvalue weighted by molar-refractivity contribution is -0.220. The van der Waals surface area contributed by atoms with Gasteiger partial charge in [-0.25, -0.2) is 4.39 Å². The van der Waals surface area contributed by atoms with Crippen LogP contribution in [0.4, 0.5) is 4.39 Å². The first kappa shape index (κ1) is 42.3. The summed E-state index contributed by atoms with van der Waals surface area (Å²) >= 11 is 0. The summed E-state index contributed by atoms with van der Waals surface area (Å²) in [6.07, 6.45) is 3.44. The van der Waals surface area contributed by atoms with E-state index in [0.29, 0.717) is 30.4 Å². The van der Waals surface area contributed by atoms with Crippen LogP contribution in [0.2, 0.25) is 0 Å². The molecule has 59 heavy (non-hydrogen) atoms. The fourth-order valence-corrected chi connectivity index (χ4v) is 11.1. The smallest absolute Gasteiger partial charge is 0.306 e. The van der Waals surface area contributed by atoms with E-state index in [0.717, 1.165) is 21.9 Å². The van der Waals surface area contributed by atoms with Crippen molar-refractivity contribution in [3.05, 3.63) is 107 Å². The molecule has 0 radical (unpaired) electrons. The number of benzene rings is 3. The minimum absolute atomic E-state index is 0.0478. The Kier molecular flexibility index (Phi) is 11.4. The minimum atomic E-state index is -2.11. The number of alkyl halides is 1. The van der Waals surface area contributed by atoms with Crippen molar-refractivity contribution in [1.82, 2.24) is 4.90 Å². The number of fused-ring (bicyclic) bond motifs is 6. The van der Waals surface area contributed by atoms with Gasteiger partial charge >= 0.3 is 11.9 Å². The van der Waals surface area contributed by atoms with E-state index in [2.05, 4.69) is 0 Å². The molecule has 0 bridgehead atoms. The van der Waals surface area contributed by atoms with Crippen molar-refractivity contribution < 1.29 is 48.0 Å². The summed E-state index contributed by atoms with van der Waals surface area (Å²) in [5, 5.41) is 25.9. The van der Waals surface area contributed by atoms with Crippen LogP contribution >= 0.6 is 0 Å². The summed E-state index contributed by atoms with van der Waals surface area (Å²) in [5.41, 5.74) is -3.42. The topological polar surface area (TPSA) is 148 Å². The average Bonchev–Trinajstić information content (AvgIpc) is 3.40. The van der Waals surface area contributed by atoms with E-state index in [1.807, 2.05) is 73.6 Å². The van der Waals surface area contributed by atoms with E-state index >= 15 is 4.39 Å². The van der Waals surface area contributed by atoms with Crippen molar-refractivity contribution >= 4 is 40.1 Å². The third-order valence-electron chi connectivity index (χ3n) is 14.3. The van der Waals surface area contributed by atoms with Gasteiger partial charge in [-0.3, -0.25) is 28.9 Å². The molecular formula is C48H54FNO9. The summed E-state index contributed by atoms with van der Waals surface area (Å²) in [6.45, 7) is 4.37. The average molecular weight is 808 g/mol. The van der Waals surface area contributed by atoms with Crippen LogP contribution in [0, 0.1) is 28.6 Å². The van der Waals surface area contributed by atoms with Crippen LogP contribution in [0.1, 0.15) is 82.0 Å². The first-order valence-electron chi connectivity index (χ1n) is 20.6. The monoisotopic (exact) mass is 807 g/mol. The molecule has 10 nitrogen and oxygen atoms in total. The lowest BCUT2D eigenvalue weighted by Gasteiger charge is -2.62. The second-order valence-electron chi connectivity index (χ2n) is 17.8. The van der Waals surface area contributed by atoms with E-state index in [9.17, 15) is 34.2 Å². The predicted molar refractivity (Wildman–Crippen MR) is 218 cm³/mol. The number of nitrogens with zero attached hydrogens (tertiary/aromatic N) is 1. The van der Waals surface area contributed by atoms with Crippen LogP contribution in [-0.2, 0) is 46.5 Å². The second kappa shape index (κ2) is 16.0. The zero-order valence-electron chi connectivity index (χ0n) is 34.4. The summed E-state index contributed by atoms with van der Waals surface area (Å²) in [6, 6.07) is 20.8. The van der Waals surface area contributed by atoms with E-state index in [4.69, 9.17) is 9.47 Å². The number of esters is 2. The number of carbonyl (C=O) groups excluding carboxylic acids is 5. The number of ether oxygens (including phenoxy) is 2. The molecule has 1 unspecified atom stereocenters. The number of halogens is 1. The number of Topliss-reactive ketones (excluding diaryl/α,β-unsaturated/α-hetero) is 2. The highest BCUT2D eigenvalue weighted by Crippen LogP contribution is 2.70. The van der Waals surface area contributed by atoms with Crippen molar-refractivity contribution in [3.63, 3.8) is 0 Å². The van der Waals surface area contributed by atoms with Gasteiger partial charge in [-0.2, -0.15) is 0 Å². The van der Waals surface area contributed by atoms with Gasteiger partial charge < -0.3 is 19.7 Å². The molecule has 4 aliphatic carbocycles. The van der Waals surface area contributed by atoms with Gasteiger partial charge in [0.15, 0.2) is 23.8 Å². The lowest BCUT2D eigenvalue weighted by atomic mass is 9.44. The Hall–Kier alpha value is -4.84. The number of carbonyl (C=O) groups is 5. The van der Waals surface area contributed by atoms with Gasteiger partial charge in [0.2, 0.25) is 5.78 Å². The second-order valence-corrected chi connectivity index (χ2v) is 17.8. The first-order valence-corrected chi connectivity index (χ1v) is 20.6. The predicted octanol–water partition coefficient (Wildman–Crippen LogP) is 6.54. The van der Waals surface area contributed by atoms with Gasteiger partial charge in [-0.1, -0.05) is 92.2 Å². The van der Waals surface area contributed by atoms with Gasteiger partial charge in [0, 0.05) is 23.2 Å². The molecule has 3 aromatic rings. The molecule has 0 spiro atoms. The van der Waals surface area contributed by atoms with Crippen LogP contribution in [0.25, 0.3) is 10.8 Å². The number of hydrogen-bond acceptors (Lipinski definition) is 10. The van der Waals surface area contributed by atoms with E-state index in [1.165, 1.54) is 12.2 Å². The molecule has 0 aromatic heterocycles. The Balaban J connectivity index is 0.898. The Morgan fingerprint density at radius 2 is 1.58 bits per heavy atom. The quantitative estimate of drug-likeness (QED) is 0.183. The van der Waals surface area contributed by atoms with Gasteiger partial charge in [0.25, 0.3) is 0 Å². The number of ketones is 3. The molecule has 3 saturated carbocycles. The number of likely N-dealkylation sites (N-methyl/N-ethyl adjacent to an activating group) is 1. The molecule has 0 aliphatic heterocycles. The van der Waals surface area contributed by atoms with E-state index in [1.54, 1.807) is 39.0 Å². The fraction of sp³-hybridized carbons (Fsp3) is 0.479. The van der Waals surface area contributed by atoms with Crippen LogP contribution in [-0.4, -0.2) is 82.5 Å². The van der Waals surface area contributed by atoms with Crippen LogP contribution < -0.4 is 0 Å². The Labute approximate surface area is 344 Å². The third-order valence-corrected chi connectivity index (χ3v) is 14.3. The molecule has 312 valence electrons. The van der Waals surface area contributed by atoms with Crippen LogP contribution in [0.15, 0.2) is 90.5 Å². The SMILES string of the molecule is C[C@@H]1C[C@H]2[C@@H]3CCC4=CC(=O)C=C[C@]4(C)[C@@]3(F)[C@@H](O)C[C@]2(C)[C@@]1(O)C(=O)COC(=O)CCC(=O)OCc1ccc(C(C(=O)Cc2ccc3ccccc3c2)N(C)C)cc1. The molecule has 3 fully saturated rings. The lowest BCUT2D eigenvalue weighted by Crippen LogP contribution is -2.69. The van der Waals surface area contributed by atoms with Gasteiger partial charge in [-0.15, -0.1) is 0 Å². The van der Waals surface area contributed by atoms with Crippen molar-refractivity contribution in [2.45, 2.75) is 95.7 Å². The highest BCUT2D eigenvalue weighted by atomic mass is 19.1. The molecule has 0 amide bonds.